The van der Waals surface area contributed by atoms with Crippen molar-refractivity contribution >= 4 is 11.8 Å². The quantitative estimate of drug-likeness (QED) is 0.844. The lowest BCUT2D eigenvalue weighted by Crippen LogP contribution is -2.53. The molecule has 6 nitrogen and oxygen atoms in total. The van der Waals surface area contributed by atoms with Crippen LogP contribution in [0, 0.1) is 11.8 Å². The average Bonchev–Trinajstić information content (AvgIpc) is 2.79. The highest BCUT2D eigenvalue weighted by molar-refractivity contribution is 5.94. The molecule has 3 aliphatic heterocycles. The first kappa shape index (κ1) is 20.4. The van der Waals surface area contributed by atoms with Crippen LogP contribution in [-0.4, -0.2) is 61.8 Å². The van der Waals surface area contributed by atoms with Crippen LogP contribution >= 0.6 is 0 Å². The molecule has 6 heteroatoms. The van der Waals surface area contributed by atoms with Crippen LogP contribution in [0.4, 0.5) is 0 Å². The normalized spacial score (nSPS) is 25.0. The maximum absolute atomic E-state index is 12.8. The van der Waals surface area contributed by atoms with Crippen LogP contribution in [-0.2, 0) is 14.3 Å². The predicted molar refractivity (Wildman–Crippen MR) is 110 cm³/mol. The molecule has 158 valence electrons. The van der Waals surface area contributed by atoms with Crippen LogP contribution in [0.1, 0.15) is 48.9 Å². The second-order valence-corrected chi connectivity index (χ2v) is 8.68. The molecule has 1 aromatic rings. The predicted octanol–water partition coefficient (Wildman–Crippen LogP) is 2.63. The van der Waals surface area contributed by atoms with Gasteiger partial charge < -0.3 is 19.7 Å². The van der Waals surface area contributed by atoms with Crippen molar-refractivity contribution < 1.29 is 19.1 Å². The second kappa shape index (κ2) is 9.26. The van der Waals surface area contributed by atoms with E-state index in [4.69, 9.17) is 9.47 Å². The molecule has 29 heavy (non-hydrogen) atoms. The zero-order valence-electron chi connectivity index (χ0n) is 17.1. The minimum Gasteiger partial charge on any atom is -0.381 e. The number of hydrogen-bond donors (Lipinski definition) is 1. The Morgan fingerprint density at radius 1 is 1.03 bits per heavy atom. The van der Waals surface area contributed by atoms with E-state index in [-0.39, 0.29) is 17.4 Å². The van der Waals surface area contributed by atoms with Crippen LogP contribution in [0.3, 0.4) is 0 Å². The number of likely N-dealkylation sites (tertiary alicyclic amines) is 1. The van der Waals surface area contributed by atoms with Gasteiger partial charge in [-0.15, -0.1) is 0 Å². The highest BCUT2D eigenvalue weighted by atomic mass is 16.5. The number of benzene rings is 1. The Balaban J connectivity index is 1.26. The summed E-state index contributed by atoms with van der Waals surface area (Å²) in [6.45, 7) is 4.38. The fourth-order valence-electron chi connectivity index (χ4n) is 4.92. The lowest BCUT2D eigenvalue weighted by molar-refractivity contribution is -0.152. The molecule has 0 aromatic heterocycles. The molecule has 0 radical (unpaired) electrons. The van der Waals surface area contributed by atoms with Crippen molar-refractivity contribution in [3.05, 3.63) is 35.9 Å². The SMILES string of the molecule is O=C(NCC1CCOC2(CCN(C(=O)C3CCOCC3)CC2)C1)c1ccccc1. The molecule has 3 saturated heterocycles. The van der Waals surface area contributed by atoms with Crippen LogP contribution in [0.25, 0.3) is 0 Å². The molecule has 2 amide bonds. The molecule has 1 spiro atoms. The number of amides is 2. The van der Waals surface area contributed by atoms with Gasteiger partial charge in [0, 0.05) is 50.9 Å². The summed E-state index contributed by atoms with van der Waals surface area (Å²) < 4.78 is 11.6. The number of carbonyl (C=O) groups excluding carboxylic acids is 2. The van der Waals surface area contributed by atoms with Gasteiger partial charge in [0.2, 0.25) is 5.91 Å². The van der Waals surface area contributed by atoms with Gasteiger partial charge in [0.25, 0.3) is 5.91 Å². The van der Waals surface area contributed by atoms with E-state index in [0.29, 0.717) is 37.1 Å². The van der Waals surface area contributed by atoms with Crippen LogP contribution in [0.5, 0.6) is 0 Å². The standard InChI is InChI=1S/C23H32N2O4/c26-21(19-4-2-1-3-5-19)24-17-18-6-15-29-23(16-18)9-11-25(12-10-23)22(27)20-7-13-28-14-8-20/h1-5,18,20H,6-17H2,(H,24,26). The summed E-state index contributed by atoms with van der Waals surface area (Å²) in [5.74, 6) is 0.842. The largest absolute Gasteiger partial charge is 0.381 e. The van der Waals surface area contributed by atoms with Crippen LogP contribution in [0.2, 0.25) is 0 Å². The van der Waals surface area contributed by atoms with Gasteiger partial charge in [0.05, 0.1) is 5.60 Å². The Kier molecular flexibility index (Phi) is 6.50. The highest BCUT2D eigenvalue weighted by Gasteiger charge is 2.42. The summed E-state index contributed by atoms with van der Waals surface area (Å²) in [7, 11) is 0. The van der Waals surface area contributed by atoms with Gasteiger partial charge in [-0.3, -0.25) is 9.59 Å². The molecule has 3 fully saturated rings. The molecule has 3 heterocycles. The Morgan fingerprint density at radius 3 is 2.48 bits per heavy atom. The summed E-state index contributed by atoms with van der Waals surface area (Å²) in [6, 6.07) is 9.36. The first-order valence-corrected chi connectivity index (χ1v) is 11.0. The van der Waals surface area contributed by atoms with E-state index in [1.165, 1.54) is 0 Å². The molecule has 1 N–H and O–H groups in total. The number of ether oxygens (including phenoxy) is 2. The van der Waals surface area contributed by atoms with E-state index in [9.17, 15) is 9.59 Å². The van der Waals surface area contributed by atoms with E-state index in [2.05, 4.69) is 5.32 Å². The van der Waals surface area contributed by atoms with E-state index in [1.54, 1.807) is 0 Å². The zero-order chi connectivity index (χ0) is 20.1. The Hall–Kier alpha value is -1.92. The van der Waals surface area contributed by atoms with Crippen molar-refractivity contribution in [1.29, 1.82) is 0 Å². The van der Waals surface area contributed by atoms with Crippen molar-refractivity contribution in [1.82, 2.24) is 10.2 Å². The minimum atomic E-state index is -0.132. The van der Waals surface area contributed by atoms with Crippen molar-refractivity contribution in [3.63, 3.8) is 0 Å². The summed E-state index contributed by atoms with van der Waals surface area (Å²) in [4.78, 5) is 27.1. The fraction of sp³-hybridized carbons (Fsp3) is 0.652. The average molecular weight is 401 g/mol. The topological polar surface area (TPSA) is 67.9 Å². The summed E-state index contributed by atoms with van der Waals surface area (Å²) >= 11 is 0. The van der Waals surface area contributed by atoms with Gasteiger partial charge >= 0.3 is 0 Å². The van der Waals surface area contributed by atoms with Crippen molar-refractivity contribution in [2.75, 3.05) is 39.5 Å². The maximum atomic E-state index is 12.8. The molecule has 1 unspecified atom stereocenters. The molecule has 0 bridgehead atoms. The lowest BCUT2D eigenvalue weighted by Gasteiger charge is -2.46. The number of carbonyl (C=O) groups is 2. The van der Waals surface area contributed by atoms with Crippen LogP contribution < -0.4 is 5.32 Å². The summed E-state index contributed by atoms with van der Waals surface area (Å²) in [5.41, 5.74) is 0.571. The monoisotopic (exact) mass is 400 g/mol. The molecule has 3 aliphatic rings. The number of nitrogens with one attached hydrogen (secondary N) is 1. The molecule has 0 saturated carbocycles. The van der Waals surface area contributed by atoms with Gasteiger partial charge in [0.15, 0.2) is 0 Å². The smallest absolute Gasteiger partial charge is 0.251 e. The molecular weight excluding hydrogens is 368 g/mol. The Labute approximate surface area is 172 Å². The number of rotatable bonds is 4. The van der Waals surface area contributed by atoms with Gasteiger partial charge in [0.1, 0.15) is 0 Å². The van der Waals surface area contributed by atoms with Crippen molar-refractivity contribution in [2.45, 2.75) is 44.1 Å². The van der Waals surface area contributed by atoms with Crippen molar-refractivity contribution in [3.8, 4) is 0 Å². The van der Waals surface area contributed by atoms with Gasteiger partial charge in [-0.1, -0.05) is 18.2 Å². The first-order valence-electron chi connectivity index (χ1n) is 11.0. The van der Waals surface area contributed by atoms with Gasteiger partial charge in [-0.25, -0.2) is 0 Å². The molecule has 1 atom stereocenters. The minimum absolute atomic E-state index is 0.0111. The summed E-state index contributed by atoms with van der Waals surface area (Å²) in [6.07, 6.45) is 5.42. The number of hydrogen-bond acceptors (Lipinski definition) is 4. The molecular formula is C23H32N2O4. The van der Waals surface area contributed by atoms with E-state index < -0.39 is 0 Å². The fourth-order valence-corrected chi connectivity index (χ4v) is 4.92. The number of nitrogens with zero attached hydrogens (tertiary/aromatic N) is 1. The summed E-state index contributed by atoms with van der Waals surface area (Å²) in [5, 5.41) is 3.09. The van der Waals surface area contributed by atoms with E-state index in [1.807, 2.05) is 35.2 Å². The molecule has 0 aliphatic carbocycles. The third-order valence-electron chi connectivity index (χ3n) is 6.74. The Bertz CT molecular complexity index is 694. The lowest BCUT2D eigenvalue weighted by atomic mass is 9.79. The van der Waals surface area contributed by atoms with E-state index in [0.717, 1.165) is 58.2 Å². The van der Waals surface area contributed by atoms with Crippen molar-refractivity contribution in [2.24, 2.45) is 11.8 Å². The number of piperidine rings is 1. The first-order chi connectivity index (χ1) is 14.2. The third-order valence-corrected chi connectivity index (χ3v) is 6.74. The van der Waals surface area contributed by atoms with Crippen LogP contribution in [0.15, 0.2) is 30.3 Å². The van der Waals surface area contributed by atoms with Gasteiger partial charge in [-0.2, -0.15) is 0 Å². The molecule has 4 rings (SSSR count). The molecule has 1 aromatic carbocycles. The second-order valence-electron chi connectivity index (χ2n) is 8.68. The maximum Gasteiger partial charge on any atom is 0.251 e. The van der Waals surface area contributed by atoms with Gasteiger partial charge in [-0.05, 0) is 56.6 Å². The highest BCUT2D eigenvalue weighted by Crippen LogP contribution is 2.38. The Morgan fingerprint density at radius 2 is 1.76 bits per heavy atom. The third kappa shape index (κ3) is 4.98. The van der Waals surface area contributed by atoms with E-state index >= 15 is 0 Å². The zero-order valence-corrected chi connectivity index (χ0v) is 17.1.